The van der Waals surface area contributed by atoms with Crippen LogP contribution in [0.2, 0.25) is 0 Å². The van der Waals surface area contributed by atoms with Crippen LogP contribution in [0.1, 0.15) is 0 Å². The number of hydrogen-bond donors (Lipinski definition) is 0. The average Bonchev–Trinajstić information content (AvgIpc) is 2.38. The van der Waals surface area contributed by atoms with Crippen molar-refractivity contribution in [1.29, 1.82) is 0 Å². The van der Waals surface area contributed by atoms with Crippen LogP contribution in [-0.2, 0) is 0 Å². The molecule has 0 unspecified atom stereocenters. The highest BCUT2D eigenvalue weighted by molar-refractivity contribution is 5.73. The number of aromatic nitrogens is 1. The van der Waals surface area contributed by atoms with Gasteiger partial charge in [-0.3, -0.25) is 0 Å². The van der Waals surface area contributed by atoms with Gasteiger partial charge < -0.3 is 9.47 Å². The monoisotopic (exact) mass is 233 g/mol. The quantitative estimate of drug-likeness (QED) is 0.764. The van der Waals surface area contributed by atoms with Crippen molar-refractivity contribution in [3.05, 3.63) is 42.5 Å². The minimum Gasteiger partial charge on any atom is -0.493 e. The lowest BCUT2D eigenvalue weighted by molar-refractivity contribution is 0.356. The highest BCUT2D eigenvalue weighted by Gasteiger charge is 2.11. The van der Waals surface area contributed by atoms with Crippen LogP contribution in [0.5, 0.6) is 11.5 Å². The second-order valence-corrected chi connectivity index (χ2v) is 3.41. The molecule has 2 aromatic rings. The first-order valence-electron chi connectivity index (χ1n) is 5.09. The molecule has 0 amide bonds. The van der Waals surface area contributed by atoms with Crippen LogP contribution in [0.25, 0.3) is 11.1 Å². The van der Waals surface area contributed by atoms with E-state index < -0.39 is 5.95 Å². The number of rotatable bonds is 3. The third kappa shape index (κ3) is 2.20. The molecule has 0 saturated carbocycles. The molecule has 1 aromatic heterocycles. The number of para-hydroxylation sites is 1. The zero-order valence-electron chi connectivity index (χ0n) is 9.61. The van der Waals surface area contributed by atoms with Gasteiger partial charge >= 0.3 is 0 Å². The minimum absolute atomic E-state index is 0.504. The van der Waals surface area contributed by atoms with Crippen LogP contribution in [-0.4, -0.2) is 19.2 Å². The predicted molar refractivity (Wildman–Crippen MR) is 62.7 cm³/mol. The summed E-state index contributed by atoms with van der Waals surface area (Å²) in [7, 11) is 3.14. The van der Waals surface area contributed by atoms with Gasteiger partial charge in [0.15, 0.2) is 11.5 Å². The van der Waals surface area contributed by atoms with Crippen LogP contribution < -0.4 is 9.47 Å². The van der Waals surface area contributed by atoms with E-state index in [2.05, 4.69) is 4.98 Å². The maximum Gasteiger partial charge on any atom is 0.212 e. The van der Waals surface area contributed by atoms with Crippen molar-refractivity contribution in [2.45, 2.75) is 0 Å². The summed E-state index contributed by atoms with van der Waals surface area (Å²) in [5.41, 5.74) is 1.60. The Morgan fingerprint density at radius 3 is 2.47 bits per heavy atom. The summed E-state index contributed by atoms with van der Waals surface area (Å²) in [6.45, 7) is 0. The fourth-order valence-electron chi connectivity index (χ4n) is 1.65. The van der Waals surface area contributed by atoms with E-state index in [4.69, 9.17) is 9.47 Å². The van der Waals surface area contributed by atoms with Gasteiger partial charge in [-0.05, 0) is 18.2 Å². The van der Waals surface area contributed by atoms with Crippen molar-refractivity contribution in [3.63, 3.8) is 0 Å². The van der Waals surface area contributed by atoms with Crippen molar-refractivity contribution in [2.24, 2.45) is 0 Å². The van der Waals surface area contributed by atoms with Crippen molar-refractivity contribution in [3.8, 4) is 22.6 Å². The number of methoxy groups -OCH3 is 2. The number of ether oxygens (including phenoxy) is 2. The summed E-state index contributed by atoms with van der Waals surface area (Å²) in [4.78, 5) is 3.62. The van der Waals surface area contributed by atoms with E-state index in [1.165, 1.54) is 12.3 Å². The minimum atomic E-state index is -0.504. The van der Waals surface area contributed by atoms with Crippen LogP contribution in [0.3, 0.4) is 0 Å². The van der Waals surface area contributed by atoms with E-state index in [9.17, 15) is 4.39 Å². The number of pyridine rings is 1. The van der Waals surface area contributed by atoms with E-state index in [1.807, 2.05) is 12.1 Å². The highest BCUT2D eigenvalue weighted by Crippen LogP contribution is 2.37. The van der Waals surface area contributed by atoms with Crippen LogP contribution in [0.4, 0.5) is 4.39 Å². The molecule has 0 aliphatic carbocycles. The number of benzene rings is 1. The molecular formula is C13H12FNO2. The molecule has 0 aliphatic rings. The van der Waals surface area contributed by atoms with Crippen molar-refractivity contribution < 1.29 is 13.9 Å². The van der Waals surface area contributed by atoms with E-state index in [-0.39, 0.29) is 0 Å². The molecule has 0 spiro atoms. The number of nitrogens with zero attached hydrogens (tertiary/aromatic N) is 1. The Morgan fingerprint density at radius 1 is 1.06 bits per heavy atom. The topological polar surface area (TPSA) is 31.4 Å². The molecule has 0 N–H and O–H groups in total. The molecule has 0 bridgehead atoms. The zero-order valence-corrected chi connectivity index (χ0v) is 9.61. The normalized spacial score (nSPS) is 10.1. The molecule has 4 heteroatoms. The van der Waals surface area contributed by atoms with Gasteiger partial charge in [0.1, 0.15) is 0 Å². The zero-order chi connectivity index (χ0) is 12.3. The third-order valence-electron chi connectivity index (χ3n) is 2.44. The first-order valence-corrected chi connectivity index (χ1v) is 5.09. The van der Waals surface area contributed by atoms with Gasteiger partial charge in [-0.25, -0.2) is 4.98 Å². The van der Waals surface area contributed by atoms with Crippen LogP contribution in [0, 0.1) is 5.95 Å². The molecule has 0 radical (unpaired) electrons. The molecule has 3 nitrogen and oxygen atoms in total. The lowest BCUT2D eigenvalue weighted by Crippen LogP contribution is -1.93. The number of halogens is 1. The molecule has 0 fully saturated rings. The molecule has 1 aromatic carbocycles. The molecule has 0 atom stereocenters. The van der Waals surface area contributed by atoms with E-state index >= 15 is 0 Å². The van der Waals surface area contributed by atoms with Crippen LogP contribution in [0.15, 0.2) is 36.5 Å². The van der Waals surface area contributed by atoms with E-state index in [0.717, 1.165) is 11.1 Å². The Labute approximate surface area is 98.8 Å². The van der Waals surface area contributed by atoms with Gasteiger partial charge in [0.2, 0.25) is 5.95 Å². The first kappa shape index (κ1) is 11.4. The smallest absolute Gasteiger partial charge is 0.212 e. The van der Waals surface area contributed by atoms with Gasteiger partial charge in [-0.15, -0.1) is 0 Å². The second-order valence-electron chi connectivity index (χ2n) is 3.41. The average molecular weight is 233 g/mol. The van der Waals surface area contributed by atoms with Crippen molar-refractivity contribution >= 4 is 0 Å². The Balaban J connectivity index is 2.54. The Morgan fingerprint density at radius 2 is 1.88 bits per heavy atom. The Hall–Kier alpha value is -2.10. The standard InChI is InChI=1S/C13H12FNO2/c1-16-11-5-3-4-10(13(11)17-2)9-6-7-12(14)15-8-9/h3-8H,1-2H3. The molecule has 0 saturated heterocycles. The van der Waals surface area contributed by atoms with E-state index in [0.29, 0.717) is 11.5 Å². The largest absolute Gasteiger partial charge is 0.493 e. The van der Waals surface area contributed by atoms with E-state index in [1.54, 1.807) is 26.4 Å². The van der Waals surface area contributed by atoms with Gasteiger partial charge in [-0.1, -0.05) is 12.1 Å². The third-order valence-corrected chi connectivity index (χ3v) is 2.44. The summed E-state index contributed by atoms with van der Waals surface area (Å²) in [6, 6.07) is 8.49. The fourth-order valence-corrected chi connectivity index (χ4v) is 1.65. The highest BCUT2D eigenvalue weighted by atomic mass is 19.1. The maximum absolute atomic E-state index is 12.8. The molecule has 0 aliphatic heterocycles. The molecule has 1 heterocycles. The van der Waals surface area contributed by atoms with Gasteiger partial charge in [-0.2, -0.15) is 4.39 Å². The summed E-state index contributed by atoms with van der Waals surface area (Å²) >= 11 is 0. The summed E-state index contributed by atoms with van der Waals surface area (Å²) < 4.78 is 23.3. The number of hydrogen-bond acceptors (Lipinski definition) is 3. The molecule has 2 rings (SSSR count). The second kappa shape index (κ2) is 4.82. The van der Waals surface area contributed by atoms with Gasteiger partial charge in [0.05, 0.1) is 14.2 Å². The molecule has 88 valence electrons. The molecular weight excluding hydrogens is 221 g/mol. The van der Waals surface area contributed by atoms with Gasteiger partial charge in [0, 0.05) is 17.3 Å². The van der Waals surface area contributed by atoms with Crippen molar-refractivity contribution in [2.75, 3.05) is 14.2 Å². The van der Waals surface area contributed by atoms with Crippen molar-refractivity contribution in [1.82, 2.24) is 4.98 Å². The summed E-state index contributed by atoms with van der Waals surface area (Å²) in [5, 5.41) is 0. The summed E-state index contributed by atoms with van der Waals surface area (Å²) in [6.07, 6.45) is 1.46. The van der Waals surface area contributed by atoms with Crippen LogP contribution >= 0.6 is 0 Å². The van der Waals surface area contributed by atoms with Gasteiger partial charge in [0.25, 0.3) is 0 Å². The summed E-state index contributed by atoms with van der Waals surface area (Å²) in [5.74, 6) is 0.744. The SMILES string of the molecule is COc1cccc(-c2ccc(F)nc2)c1OC. The molecule has 17 heavy (non-hydrogen) atoms. The Kier molecular flexibility index (Phi) is 3.23. The lowest BCUT2D eigenvalue weighted by atomic mass is 10.1. The Bertz CT molecular complexity index is 511. The predicted octanol–water partition coefficient (Wildman–Crippen LogP) is 2.90. The first-order chi connectivity index (χ1) is 8.26. The fraction of sp³-hybridized carbons (Fsp3) is 0.154. The lowest BCUT2D eigenvalue weighted by Gasteiger charge is -2.12. The maximum atomic E-state index is 12.8.